The lowest BCUT2D eigenvalue weighted by molar-refractivity contribution is 0.0583. The first kappa shape index (κ1) is 19.0. The predicted molar refractivity (Wildman–Crippen MR) is 105 cm³/mol. The summed E-state index contributed by atoms with van der Waals surface area (Å²) in [5.41, 5.74) is 1.39. The Kier molecular flexibility index (Phi) is 4.96. The highest BCUT2D eigenvalue weighted by molar-refractivity contribution is 6.00. The Hall–Kier alpha value is -3.35. The number of fused-ring (bicyclic) bond motifs is 1. The third-order valence-electron chi connectivity index (χ3n) is 5.35. The van der Waals surface area contributed by atoms with Crippen LogP contribution in [-0.4, -0.2) is 35.6 Å². The van der Waals surface area contributed by atoms with E-state index in [0.717, 1.165) is 12.0 Å². The van der Waals surface area contributed by atoms with Gasteiger partial charge in [-0.1, -0.05) is 36.4 Å². The lowest BCUT2D eigenvalue weighted by Gasteiger charge is -2.31. The van der Waals surface area contributed by atoms with Gasteiger partial charge in [0.2, 0.25) is 5.89 Å². The smallest absolute Gasteiger partial charge is 0.410 e. The van der Waals surface area contributed by atoms with Crippen molar-refractivity contribution in [3.05, 3.63) is 65.5 Å². The number of amides is 1. The minimum absolute atomic E-state index is 0.201. The van der Waals surface area contributed by atoms with Gasteiger partial charge in [-0.2, -0.15) is 0 Å². The van der Waals surface area contributed by atoms with E-state index in [9.17, 15) is 9.59 Å². The van der Waals surface area contributed by atoms with Crippen LogP contribution in [0.5, 0.6) is 0 Å². The van der Waals surface area contributed by atoms with E-state index in [0.29, 0.717) is 35.5 Å². The second-order valence-electron chi connectivity index (χ2n) is 7.23. The zero-order valence-corrected chi connectivity index (χ0v) is 16.4. The molecule has 1 aliphatic rings. The van der Waals surface area contributed by atoms with Crippen molar-refractivity contribution in [2.75, 3.05) is 13.7 Å². The first-order valence-corrected chi connectivity index (χ1v) is 9.49. The van der Waals surface area contributed by atoms with E-state index in [-0.39, 0.29) is 6.61 Å². The topological polar surface area (TPSA) is 81.9 Å². The van der Waals surface area contributed by atoms with Crippen molar-refractivity contribution in [3.8, 4) is 0 Å². The third-order valence-corrected chi connectivity index (χ3v) is 5.35. The molecule has 4 rings (SSSR count). The Bertz CT molecular complexity index is 1050. The third kappa shape index (κ3) is 3.44. The van der Waals surface area contributed by atoms with Crippen molar-refractivity contribution >= 4 is 23.2 Å². The molecule has 29 heavy (non-hydrogen) atoms. The Morgan fingerprint density at radius 3 is 2.72 bits per heavy atom. The predicted octanol–water partition coefficient (Wildman–Crippen LogP) is 4.26. The van der Waals surface area contributed by atoms with Crippen molar-refractivity contribution in [2.45, 2.75) is 31.9 Å². The number of ether oxygens (including phenoxy) is 2. The Labute approximate surface area is 168 Å². The summed E-state index contributed by atoms with van der Waals surface area (Å²) in [4.78, 5) is 31.1. The molecular weight excluding hydrogens is 372 g/mol. The van der Waals surface area contributed by atoms with Crippen LogP contribution in [0.2, 0.25) is 0 Å². The second-order valence-corrected chi connectivity index (χ2v) is 7.23. The van der Waals surface area contributed by atoms with Crippen LogP contribution in [0.3, 0.4) is 0 Å². The van der Waals surface area contributed by atoms with E-state index in [1.165, 1.54) is 7.11 Å². The SMILES string of the molecule is COC(=O)c1cccc2nc(C3(C)CCCN3C(=O)OCc3ccccc3)oc12. The average Bonchev–Trinajstić information content (AvgIpc) is 3.36. The lowest BCUT2D eigenvalue weighted by atomic mass is 9.99. The summed E-state index contributed by atoms with van der Waals surface area (Å²) in [7, 11) is 1.32. The summed E-state index contributed by atoms with van der Waals surface area (Å²) in [5, 5.41) is 0. The molecule has 150 valence electrons. The van der Waals surface area contributed by atoms with Crippen molar-refractivity contribution in [3.63, 3.8) is 0 Å². The standard InChI is InChI=1S/C22H22N2O5/c1-22(20-23-17-11-6-10-16(18(17)29-20)19(25)27-2)12-7-13-24(22)21(26)28-14-15-8-4-3-5-9-15/h3-6,8-11H,7,12-14H2,1-2H3. The van der Waals surface area contributed by atoms with E-state index in [2.05, 4.69) is 4.98 Å². The average molecular weight is 394 g/mol. The molecule has 2 aromatic carbocycles. The molecule has 0 radical (unpaired) electrons. The highest BCUT2D eigenvalue weighted by Crippen LogP contribution is 2.40. The maximum atomic E-state index is 12.8. The summed E-state index contributed by atoms with van der Waals surface area (Å²) in [6.45, 7) is 2.66. The number of methoxy groups -OCH3 is 1. The highest BCUT2D eigenvalue weighted by Gasteiger charge is 2.46. The van der Waals surface area contributed by atoms with Gasteiger partial charge < -0.3 is 13.9 Å². The summed E-state index contributed by atoms with van der Waals surface area (Å²) >= 11 is 0. The van der Waals surface area contributed by atoms with Crippen LogP contribution in [-0.2, 0) is 21.6 Å². The Morgan fingerprint density at radius 2 is 1.97 bits per heavy atom. The maximum Gasteiger partial charge on any atom is 0.410 e. The molecule has 7 heteroatoms. The summed E-state index contributed by atoms with van der Waals surface area (Å²) in [5.74, 6) is -0.105. The number of hydrogen-bond acceptors (Lipinski definition) is 6. The zero-order chi connectivity index (χ0) is 20.4. The van der Waals surface area contributed by atoms with E-state index in [4.69, 9.17) is 13.9 Å². The molecule has 0 bridgehead atoms. The molecule has 1 aromatic heterocycles. The molecule has 3 aromatic rings. The zero-order valence-electron chi connectivity index (χ0n) is 16.4. The van der Waals surface area contributed by atoms with Crippen LogP contribution >= 0.6 is 0 Å². The molecule has 1 aliphatic heterocycles. The second kappa shape index (κ2) is 7.58. The molecule has 0 saturated carbocycles. The summed E-state index contributed by atoms with van der Waals surface area (Å²) in [6.07, 6.45) is 1.08. The minimum atomic E-state index is -0.750. The van der Waals surface area contributed by atoms with Crippen molar-refractivity contribution in [1.82, 2.24) is 9.88 Å². The maximum absolute atomic E-state index is 12.8. The van der Waals surface area contributed by atoms with Gasteiger partial charge >= 0.3 is 12.1 Å². The van der Waals surface area contributed by atoms with Crippen LogP contribution in [0.4, 0.5) is 4.79 Å². The number of benzene rings is 2. The fourth-order valence-electron chi connectivity index (χ4n) is 3.73. The number of rotatable bonds is 4. The van der Waals surface area contributed by atoms with E-state index < -0.39 is 17.6 Å². The minimum Gasteiger partial charge on any atom is -0.465 e. The quantitative estimate of drug-likeness (QED) is 0.615. The Balaban J connectivity index is 1.61. The highest BCUT2D eigenvalue weighted by atomic mass is 16.6. The van der Waals surface area contributed by atoms with Crippen LogP contribution < -0.4 is 0 Å². The summed E-state index contributed by atoms with van der Waals surface area (Å²) in [6, 6.07) is 14.7. The fraction of sp³-hybridized carbons (Fsp3) is 0.318. The van der Waals surface area contributed by atoms with Gasteiger partial charge in [0, 0.05) is 6.54 Å². The van der Waals surface area contributed by atoms with Gasteiger partial charge in [-0.3, -0.25) is 4.90 Å². The molecule has 1 saturated heterocycles. The first-order valence-electron chi connectivity index (χ1n) is 9.49. The van der Waals surface area contributed by atoms with Crippen LogP contribution in [0.25, 0.3) is 11.1 Å². The number of likely N-dealkylation sites (tertiary alicyclic amines) is 1. The van der Waals surface area contributed by atoms with Crippen molar-refractivity contribution < 1.29 is 23.5 Å². The van der Waals surface area contributed by atoms with Crippen molar-refractivity contribution in [1.29, 1.82) is 0 Å². The number of nitrogens with zero attached hydrogens (tertiary/aromatic N) is 2. The molecule has 1 amide bonds. The fourth-order valence-corrected chi connectivity index (χ4v) is 3.73. The number of esters is 1. The molecule has 1 fully saturated rings. The van der Waals surface area contributed by atoms with Crippen LogP contribution in [0.15, 0.2) is 52.9 Å². The first-order chi connectivity index (χ1) is 14.0. The number of carbonyl (C=O) groups excluding carboxylic acids is 2. The Morgan fingerprint density at radius 1 is 1.17 bits per heavy atom. The normalized spacial score (nSPS) is 18.8. The molecule has 0 spiro atoms. The molecule has 2 heterocycles. The molecular formula is C22H22N2O5. The molecule has 7 nitrogen and oxygen atoms in total. The molecule has 0 N–H and O–H groups in total. The molecule has 1 atom stereocenters. The summed E-state index contributed by atoms with van der Waals surface area (Å²) < 4.78 is 16.3. The van der Waals surface area contributed by atoms with Gasteiger partial charge in [-0.15, -0.1) is 0 Å². The van der Waals surface area contributed by atoms with Gasteiger partial charge in [-0.05, 0) is 37.5 Å². The van der Waals surface area contributed by atoms with Gasteiger partial charge in [-0.25, -0.2) is 14.6 Å². The van der Waals surface area contributed by atoms with Gasteiger partial charge in [0.15, 0.2) is 5.58 Å². The number of para-hydroxylation sites is 1. The monoisotopic (exact) mass is 394 g/mol. The molecule has 1 unspecified atom stereocenters. The van der Waals surface area contributed by atoms with E-state index in [1.54, 1.807) is 23.1 Å². The lowest BCUT2D eigenvalue weighted by Crippen LogP contribution is -2.43. The van der Waals surface area contributed by atoms with Gasteiger partial charge in [0.1, 0.15) is 23.2 Å². The largest absolute Gasteiger partial charge is 0.465 e. The van der Waals surface area contributed by atoms with Gasteiger partial charge in [0.25, 0.3) is 0 Å². The van der Waals surface area contributed by atoms with Crippen LogP contribution in [0.1, 0.15) is 41.6 Å². The van der Waals surface area contributed by atoms with E-state index in [1.807, 2.05) is 37.3 Å². The van der Waals surface area contributed by atoms with Crippen LogP contribution in [0, 0.1) is 0 Å². The van der Waals surface area contributed by atoms with Crippen molar-refractivity contribution in [2.24, 2.45) is 0 Å². The number of carbonyl (C=O) groups is 2. The number of aromatic nitrogens is 1. The number of oxazole rings is 1. The van der Waals surface area contributed by atoms with E-state index >= 15 is 0 Å². The number of hydrogen-bond donors (Lipinski definition) is 0. The van der Waals surface area contributed by atoms with Gasteiger partial charge in [0.05, 0.1) is 7.11 Å². The molecule has 0 aliphatic carbocycles.